The quantitative estimate of drug-likeness (QED) is 0.922. The maximum atomic E-state index is 4.36. The Labute approximate surface area is 126 Å². The van der Waals surface area contributed by atoms with E-state index in [0.29, 0.717) is 0 Å². The molecule has 0 atom stereocenters. The normalized spacial score (nSPS) is 16.6. The molecule has 7 heteroatoms. The van der Waals surface area contributed by atoms with Crippen LogP contribution in [0.25, 0.3) is 0 Å². The SMILES string of the molecule is Cc1nc(CN2CCN(c3cncc(Br)c3)CC2)n[nH]1. The molecule has 0 aliphatic carbocycles. The topological polar surface area (TPSA) is 60.9 Å². The summed E-state index contributed by atoms with van der Waals surface area (Å²) in [6.45, 7) is 6.77. The molecule has 1 saturated heterocycles. The van der Waals surface area contributed by atoms with E-state index in [0.717, 1.165) is 48.8 Å². The van der Waals surface area contributed by atoms with Gasteiger partial charge in [0.2, 0.25) is 0 Å². The Balaban J connectivity index is 1.57. The largest absolute Gasteiger partial charge is 0.368 e. The Bertz CT molecular complexity index is 576. The Morgan fingerprint density at radius 1 is 1.25 bits per heavy atom. The van der Waals surface area contributed by atoms with Crippen LogP contribution >= 0.6 is 15.9 Å². The van der Waals surface area contributed by atoms with E-state index in [-0.39, 0.29) is 0 Å². The highest BCUT2D eigenvalue weighted by molar-refractivity contribution is 9.10. The van der Waals surface area contributed by atoms with Crippen molar-refractivity contribution in [2.45, 2.75) is 13.5 Å². The van der Waals surface area contributed by atoms with Crippen molar-refractivity contribution in [3.63, 3.8) is 0 Å². The third-order valence-electron chi connectivity index (χ3n) is 3.44. The fourth-order valence-electron chi connectivity index (χ4n) is 2.40. The molecule has 3 heterocycles. The standard InChI is InChI=1S/C13H17BrN6/c1-10-16-13(18-17-10)9-19-2-4-20(5-3-19)12-6-11(14)7-15-8-12/h6-8H,2-5,9H2,1H3,(H,16,17,18). The molecule has 20 heavy (non-hydrogen) atoms. The third-order valence-corrected chi connectivity index (χ3v) is 3.87. The summed E-state index contributed by atoms with van der Waals surface area (Å²) in [5, 5.41) is 7.08. The van der Waals surface area contributed by atoms with Crippen molar-refractivity contribution < 1.29 is 0 Å². The highest BCUT2D eigenvalue weighted by Gasteiger charge is 2.18. The van der Waals surface area contributed by atoms with Crippen molar-refractivity contribution in [1.29, 1.82) is 0 Å². The van der Waals surface area contributed by atoms with Crippen LogP contribution in [0.2, 0.25) is 0 Å². The molecule has 1 fully saturated rings. The zero-order chi connectivity index (χ0) is 13.9. The lowest BCUT2D eigenvalue weighted by Crippen LogP contribution is -2.46. The van der Waals surface area contributed by atoms with Crippen LogP contribution < -0.4 is 4.90 Å². The lowest BCUT2D eigenvalue weighted by atomic mass is 10.2. The first-order valence-electron chi connectivity index (χ1n) is 6.66. The van der Waals surface area contributed by atoms with Gasteiger partial charge in [0.15, 0.2) is 5.82 Å². The molecular formula is C13H17BrN6. The molecule has 0 bridgehead atoms. The van der Waals surface area contributed by atoms with Gasteiger partial charge in [-0.15, -0.1) is 0 Å². The van der Waals surface area contributed by atoms with E-state index in [2.05, 4.69) is 52.0 Å². The van der Waals surface area contributed by atoms with Crippen molar-refractivity contribution in [2.24, 2.45) is 0 Å². The number of halogens is 1. The molecule has 6 nitrogen and oxygen atoms in total. The van der Waals surface area contributed by atoms with Gasteiger partial charge in [-0.2, -0.15) is 5.10 Å². The number of anilines is 1. The molecule has 2 aromatic rings. The minimum Gasteiger partial charge on any atom is -0.368 e. The van der Waals surface area contributed by atoms with E-state index >= 15 is 0 Å². The summed E-state index contributed by atoms with van der Waals surface area (Å²) in [7, 11) is 0. The minimum atomic E-state index is 0.814. The number of pyridine rings is 1. The van der Waals surface area contributed by atoms with Crippen LogP contribution in [0.3, 0.4) is 0 Å². The second kappa shape index (κ2) is 5.88. The van der Waals surface area contributed by atoms with Crippen LogP contribution in [0.4, 0.5) is 5.69 Å². The number of aromatic nitrogens is 4. The number of nitrogens with one attached hydrogen (secondary N) is 1. The summed E-state index contributed by atoms with van der Waals surface area (Å²) in [6.07, 6.45) is 3.73. The molecular weight excluding hydrogens is 320 g/mol. The van der Waals surface area contributed by atoms with Gasteiger partial charge in [0.05, 0.1) is 18.4 Å². The summed E-state index contributed by atoms with van der Waals surface area (Å²) in [5.74, 6) is 1.75. The van der Waals surface area contributed by atoms with E-state index in [9.17, 15) is 0 Å². The van der Waals surface area contributed by atoms with Gasteiger partial charge in [-0.1, -0.05) is 0 Å². The maximum absolute atomic E-state index is 4.36. The summed E-state index contributed by atoms with van der Waals surface area (Å²) in [6, 6.07) is 2.11. The number of rotatable bonds is 3. The summed E-state index contributed by atoms with van der Waals surface area (Å²) < 4.78 is 1.02. The lowest BCUT2D eigenvalue weighted by molar-refractivity contribution is 0.244. The predicted molar refractivity (Wildman–Crippen MR) is 80.5 cm³/mol. The van der Waals surface area contributed by atoms with E-state index in [1.165, 1.54) is 5.69 Å². The van der Waals surface area contributed by atoms with Gasteiger partial charge in [-0.3, -0.25) is 15.0 Å². The number of nitrogens with zero attached hydrogens (tertiary/aromatic N) is 5. The fraction of sp³-hybridized carbons (Fsp3) is 0.462. The zero-order valence-electron chi connectivity index (χ0n) is 11.4. The van der Waals surface area contributed by atoms with Crippen LogP contribution in [0.15, 0.2) is 22.9 Å². The molecule has 0 amide bonds. The minimum absolute atomic E-state index is 0.814. The Morgan fingerprint density at radius 3 is 2.70 bits per heavy atom. The average Bonchev–Trinajstić information content (AvgIpc) is 2.85. The van der Waals surface area contributed by atoms with Crippen molar-refractivity contribution >= 4 is 21.6 Å². The number of hydrogen-bond donors (Lipinski definition) is 1. The van der Waals surface area contributed by atoms with Gasteiger partial charge in [-0.05, 0) is 28.9 Å². The molecule has 0 radical (unpaired) electrons. The molecule has 2 aromatic heterocycles. The van der Waals surface area contributed by atoms with Crippen molar-refractivity contribution in [3.05, 3.63) is 34.6 Å². The van der Waals surface area contributed by atoms with Gasteiger partial charge >= 0.3 is 0 Å². The number of aryl methyl sites for hydroxylation is 1. The van der Waals surface area contributed by atoms with E-state index in [1.54, 1.807) is 0 Å². The molecule has 0 unspecified atom stereocenters. The van der Waals surface area contributed by atoms with Crippen molar-refractivity contribution in [2.75, 3.05) is 31.1 Å². The smallest absolute Gasteiger partial charge is 0.164 e. The van der Waals surface area contributed by atoms with E-state index in [4.69, 9.17) is 0 Å². The zero-order valence-corrected chi connectivity index (χ0v) is 13.0. The molecule has 106 valence electrons. The van der Waals surface area contributed by atoms with E-state index in [1.807, 2.05) is 19.3 Å². The number of aromatic amines is 1. The molecule has 0 spiro atoms. The predicted octanol–water partition coefficient (Wildman–Crippen LogP) is 1.59. The molecule has 0 saturated carbocycles. The van der Waals surface area contributed by atoms with Gasteiger partial charge < -0.3 is 4.90 Å². The van der Waals surface area contributed by atoms with Gasteiger partial charge in [0, 0.05) is 36.8 Å². The number of piperazine rings is 1. The van der Waals surface area contributed by atoms with Crippen LogP contribution in [0.5, 0.6) is 0 Å². The van der Waals surface area contributed by atoms with Crippen molar-refractivity contribution in [1.82, 2.24) is 25.1 Å². The number of H-pyrrole nitrogens is 1. The second-order valence-corrected chi connectivity index (χ2v) is 5.88. The second-order valence-electron chi connectivity index (χ2n) is 4.96. The fourth-order valence-corrected chi connectivity index (χ4v) is 2.75. The van der Waals surface area contributed by atoms with Crippen LogP contribution in [-0.2, 0) is 6.54 Å². The van der Waals surface area contributed by atoms with E-state index < -0.39 is 0 Å². The summed E-state index contributed by atoms with van der Waals surface area (Å²) in [4.78, 5) is 13.3. The van der Waals surface area contributed by atoms with Crippen LogP contribution in [0.1, 0.15) is 11.6 Å². The highest BCUT2D eigenvalue weighted by Crippen LogP contribution is 2.19. The first-order chi connectivity index (χ1) is 9.70. The lowest BCUT2D eigenvalue weighted by Gasteiger charge is -2.35. The average molecular weight is 337 g/mol. The van der Waals surface area contributed by atoms with Crippen LogP contribution in [0, 0.1) is 6.92 Å². The summed E-state index contributed by atoms with van der Waals surface area (Å²) >= 11 is 3.47. The Kier molecular flexibility index (Phi) is 3.98. The van der Waals surface area contributed by atoms with Gasteiger partial charge in [0.25, 0.3) is 0 Å². The Hall–Kier alpha value is -1.47. The monoisotopic (exact) mass is 336 g/mol. The summed E-state index contributed by atoms with van der Waals surface area (Å²) in [5.41, 5.74) is 1.17. The molecule has 0 aromatic carbocycles. The molecule has 1 aliphatic heterocycles. The first kappa shape index (κ1) is 13.5. The van der Waals surface area contributed by atoms with Crippen molar-refractivity contribution in [3.8, 4) is 0 Å². The Morgan fingerprint density at radius 2 is 2.05 bits per heavy atom. The highest BCUT2D eigenvalue weighted by atomic mass is 79.9. The van der Waals surface area contributed by atoms with Crippen LogP contribution in [-0.4, -0.2) is 51.2 Å². The molecule has 3 rings (SSSR count). The molecule has 1 N–H and O–H groups in total. The van der Waals surface area contributed by atoms with Gasteiger partial charge in [0.1, 0.15) is 5.82 Å². The number of hydrogen-bond acceptors (Lipinski definition) is 5. The van der Waals surface area contributed by atoms with Gasteiger partial charge in [-0.25, -0.2) is 4.98 Å². The molecule has 1 aliphatic rings. The third kappa shape index (κ3) is 3.16. The maximum Gasteiger partial charge on any atom is 0.164 e. The first-order valence-corrected chi connectivity index (χ1v) is 7.46.